The number of fused-ring (bicyclic) bond motifs is 1. The minimum atomic E-state index is -4.03. The molecule has 1 amide bonds. The monoisotopic (exact) mass is 581 g/mol. The Bertz CT molecular complexity index is 1730. The van der Waals surface area contributed by atoms with E-state index in [0.29, 0.717) is 35.5 Å². The van der Waals surface area contributed by atoms with Crippen LogP contribution >= 0.6 is 0 Å². The molecule has 2 heterocycles. The van der Waals surface area contributed by atoms with Gasteiger partial charge in [-0.3, -0.25) is 13.7 Å². The van der Waals surface area contributed by atoms with E-state index < -0.39 is 27.8 Å². The van der Waals surface area contributed by atoms with E-state index in [1.165, 1.54) is 18.2 Å². The molecule has 214 valence electrons. The summed E-state index contributed by atoms with van der Waals surface area (Å²) >= 11 is 0. The normalized spacial score (nSPS) is 15.1. The van der Waals surface area contributed by atoms with Crippen molar-refractivity contribution < 1.29 is 30.9 Å². The van der Waals surface area contributed by atoms with Gasteiger partial charge >= 0.3 is 10.1 Å². The van der Waals surface area contributed by atoms with E-state index in [9.17, 15) is 22.0 Å². The lowest BCUT2D eigenvalue weighted by Crippen LogP contribution is -2.38. The number of aromatic nitrogens is 2. The topological polar surface area (TPSA) is 90.7 Å². The Hall–Kier alpha value is -4.09. The lowest BCUT2D eigenvalue weighted by atomic mass is 9.95. The lowest BCUT2D eigenvalue weighted by molar-refractivity contribution is 0.0673. The average molecular weight is 582 g/mol. The van der Waals surface area contributed by atoms with E-state index in [1.54, 1.807) is 60.0 Å². The maximum atomic E-state index is 14.0. The molecule has 41 heavy (non-hydrogen) atoms. The molecule has 11 heteroatoms. The van der Waals surface area contributed by atoms with Crippen molar-refractivity contribution >= 4 is 16.0 Å². The molecule has 0 N–H and O–H groups in total. The molecule has 4 aromatic rings. The Labute approximate surface area is 237 Å². The largest absolute Gasteiger partial charge is 0.456 e. The fourth-order valence-corrected chi connectivity index (χ4v) is 6.20. The van der Waals surface area contributed by atoms with Crippen molar-refractivity contribution in [3.8, 4) is 22.8 Å². The number of nitrogens with zero attached hydrogens (tertiary/aromatic N) is 3. The van der Waals surface area contributed by atoms with Gasteiger partial charge < -0.3 is 9.64 Å². The highest BCUT2D eigenvalue weighted by atomic mass is 32.2. The highest BCUT2D eigenvalue weighted by Gasteiger charge is 2.33. The summed E-state index contributed by atoms with van der Waals surface area (Å²) in [6.07, 6.45) is 0.449. The molecule has 0 bridgehead atoms. The maximum Gasteiger partial charge on any atom is 0.300 e. The number of carbonyl (C=O) groups is 1. The Kier molecular flexibility index (Phi) is 7.67. The summed E-state index contributed by atoms with van der Waals surface area (Å²) < 4.78 is 65.6. The fourth-order valence-electron chi connectivity index (χ4n) is 5.18. The van der Waals surface area contributed by atoms with Crippen LogP contribution in [0, 0.1) is 18.6 Å². The zero-order chi connectivity index (χ0) is 29.5. The zero-order valence-corrected chi connectivity index (χ0v) is 23.8. The van der Waals surface area contributed by atoms with Crippen molar-refractivity contribution in [3.63, 3.8) is 0 Å². The van der Waals surface area contributed by atoms with Crippen LogP contribution in [0.1, 0.15) is 47.1 Å². The Morgan fingerprint density at radius 1 is 1.07 bits per heavy atom. The van der Waals surface area contributed by atoms with E-state index in [1.807, 2.05) is 13.8 Å². The summed E-state index contributed by atoms with van der Waals surface area (Å²) in [5.74, 6) is -1.23. The highest BCUT2D eigenvalue weighted by molar-refractivity contribution is 7.86. The predicted molar refractivity (Wildman–Crippen MR) is 148 cm³/mol. The number of ether oxygens (including phenoxy) is 1. The average Bonchev–Trinajstić information content (AvgIpc) is 3.25. The summed E-state index contributed by atoms with van der Waals surface area (Å²) in [6, 6.07) is 14.1. The molecule has 0 radical (unpaired) electrons. The minimum Gasteiger partial charge on any atom is -0.456 e. The predicted octanol–water partition coefficient (Wildman–Crippen LogP) is 5.95. The molecule has 0 saturated carbocycles. The number of carbonyl (C=O) groups excluding carboxylic acids is 1. The van der Waals surface area contributed by atoms with E-state index in [4.69, 9.17) is 8.92 Å². The van der Waals surface area contributed by atoms with Gasteiger partial charge in [0.2, 0.25) is 0 Å². The van der Waals surface area contributed by atoms with E-state index in [0.717, 1.165) is 17.2 Å². The van der Waals surface area contributed by atoms with Gasteiger partial charge in [0.15, 0.2) is 0 Å². The molecule has 1 aliphatic heterocycles. The molecule has 8 nitrogen and oxygen atoms in total. The zero-order valence-electron chi connectivity index (χ0n) is 23.0. The summed E-state index contributed by atoms with van der Waals surface area (Å²) in [4.78, 5) is 15.2. The second kappa shape index (κ2) is 11.1. The van der Waals surface area contributed by atoms with Gasteiger partial charge in [0.05, 0.1) is 24.0 Å². The summed E-state index contributed by atoms with van der Waals surface area (Å²) in [5, 5.41) is 4.61. The van der Waals surface area contributed by atoms with Crippen molar-refractivity contribution in [2.24, 2.45) is 7.05 Å². The van der Waals surface area contributed by atoms with E-state index in [-0.39, 0.29) is 28.9 Å². The van der Waals surface area contributed by atoms with Gasteiger partial charge in [0.1, 0.15) is 28.0 Å². The first-order valence-electron chi connectivity index (χ1n) is 13.1. The molecule has 0 fully saturated rings. The number of rotatable bonds is 7. The third kappa shape index (κ3) is 5.59. The van der Waals surface area contributed by atoms with Crippen LogP contribution in [-0.4, -0.2) is 42.2 Å². The van der Waals surface area contributed by atoms with Gasteiger partial charge in [-0.15, -0.1) is 0 Å². The van der Waals surface area contributed by atoms with Gasteiger partial charge in [-0.05, 0) is 75.2 Å². The maximum absolute atomic E-state index is 14.0. The summed E-state index contributed by atoms with van der Waals surface area (Å²) in [6.45, 7) is 5.59. The van der Waals surface area contributed by atoms with Crippen molar-refractivity contribution in [3.05, 3.63) is 94.7 Å². The van der Waals surface area contributed by atoms with Crippen LogP contribution in [0.4, 0.5) is 8.78 Å². The number of amides is 1. The van der Waals surface area contributed by atoms with Crippen LogP contribution < -0.4 is 4.74 Å². The number of aryl methyl sites for hydroxylation is 2. The smallest absolute Gasteiger partial charge is 0.300 e. The van der Waals surface area contributed by atoms with Crippen LogP contribution in [0.3, 0.4) is 0 Å². The van der Waals surface area contributed by atoms with Gasteiger partial charge in [-0.1, -0.05) is 12.1 Å². The van der Waals surface area contributed by atoms with Crippen LogP contribution in [0.5, 0.6) is 11.5 Å². The van der Waals surface area contributed by atoms with Crippen molar-refractivity contribution in [2.45, 2.75) is 38.1 Å². The fraction of sp³-hybridized carbons (Fsp3) is 0.267. The first-order chi connectivity index (χ1) is 19.5. The van der Waals surface area contributed by atoms with Crippen LogP contribution in [0.25, 0.3) is 11.3 Å². The third-order valence-corrected chi connectivity index (χ3v) is 8.41. The van der Waals surface area contributed by atoms with E-state index in [2.05, 4.69) is 5.10 Å². The van der Waals surface area contributed by atoms with Gasteiger partial charge in [-0.2, -0.15) is 13.5 Å². The Morgan fingerprint density at radius 2 is 1.80 bits per heavy atom. The summed E-state index contributed by atoms with van der Waals surface area (Å²) in [7, 11) is -2.32. The van der Waals surface area contributed by atoms with Gasteiger partial charge in [-0.25, -0.2) is 8.78 Å². The quantitative estimate of drug-likeness (QED) is 0.251. The van der Waals surface area contributed by atoms with Crippen LogP contribution in [0.2, 0.25) is 0 Å². The molecule has 1 aromatic heterocycles. The Morgan fingerprint density at radius 3 is 2.51 bits per heavy atom. The SMILES string of the molecule is CCOS(=O)(=O)c1ccc(C)cc1Oc1cccc(C(=O)N2CCc3c(nn(C)c3-c3cc(F)cc(F)c3)[C@@H]2C)c1. The number of halogens is 2. The van der Waals surface area contributed by atoms with Crippen molar-refractivity contribution in [1.82, 2.24) is 14.7 Å². The summed E-state index contributed by atoms with van der Waals surface area (Å²) in [5.41, 5.74) is 3.64. The first kappa shape index (κ1) is 28.4. The second-order valence-electron chi connectivity index (χ2n) is 9.86. The number of hydrogen-bond acceptors (Lipinski definition) is 6. The molecule has 0 aliphatic carbocycles. The number of hydrogen-bond donors (Lipinski definition) is 0. The third-order valence-electron chi connectivity index (χ3n) is 6.99. The molecular formula is C30H29F2N3O5S. The molecule has 0 unspecified atom stereocenters. The molecule has 0 spiro atoms. The van der Waals surface area contributed by atoms with Crippen molar-refractivity contribution in [1.29, 1.82) is 0 Å². The highest BCUT2D eigenvalue weighted by Crippen LogP contribution is 2.37. The molecule has 3 aromatic carbocycles. The minimum absolute atomic E-state index is 0.0216. The van der Waals surface area contributed by atoms with Crippen molar-refractivity contribution in [2.75, 3.05) is 13.2 Å². The molecule has 5 rings (SSSR count). The molecular weight excluding hydrogens is 552 g/mol. The van der Waals surface area contributed by atoms with Gasteiger partial charge in [0, 0.05) is 36.3 Å². The van der Waals surface area contributed by atoms with Crippen LogP contribution in [-0.2, 0) is 27.8 Å². The van der Waals surface area contributed by atoms with Gasteiger partial charge in [0.25, 0.3) is 5.91 Å². The van der Waals surface area contributed by atoms with E-state index >= 15 is 0 Å². The molecule has 1 aliphatic rings. The standard InChI is InChI=1S/C30H29F2N3O5S/c1-5-39-41(37,38)27-10-9-18(2)13-26(27)40-24-8-6-7-20(16-24)30(36)35-12-11-25-28(19(35)3)33-34(4)29(25)21-14-22(31)17-23(32)15-21/h6-10,13-17,19H,5,11-12H2,1-4H3/t19-/m0/s1. The van der Waals surface area contributed by atoms with Crippen LogP contribution in [0.15, 0.2) is 65.6 Å². The Balaban J connectivity index is 1.42. The molecule has 1 atom stereocenters. The number of benzene rings is 3. The second-order valence-corrected chi connectivity index (χ2v) is 11.4. The first-order valence-corrected chi connectivity index (χ1v) is 14.5. The molecule has 0 saturated heterocycles. The lowest BCUT2D eigenvalue weighted by Gasteiger charge is -2.33.